The number of carbonyl (C=O) groups excluding carboxylic acids is 3. The largest absolute Gasteiger partial charge is 0.366 e. The highest BCUT2D eigenvalue weighted by atomic mass is 32.2. The Morgan fingerprint density at radius 1 is 1.16 bits per heavy atom. The molecule has 2 heterocycles. The van der Waals surface area contributed by atoms with Crippen molar-refractivity contribution in [2.24, 2.45) is 5.73 Å². The quantitative estimate of drug-likeness (QED) is 0.668. The van der Waals surface area contributed by atoms with Gasteiger partial charge in [0.25, 0.3) is 5.91 Å². The number of aromatic nitrogens is 1. The number of benzene rings is 1. The summed E-state index contributed by atoms with van der Waals surface area (Å²) in [5, 5.41) is 2.48. The molecule has 0 fully saturated rings. The summed E-state index contributed by atoms with van der Waals surface area (Å²) in [6.45, 7) is 0.363. The standard InChI is InChI=1S/C23H23FN4O3S/c24-16-8-5-14(6-9-16)12-28-22(31)17-3-1-2-4-18(17)23(28)32-13-20(29)27-19-10-7-15(11-26-19)21(25)30/h5-11,23H,1-4,12-13H2,(H2,25,30)(H,26,27,29). The third-order valence-electron chi connectivity index (χ3n) is 5.56. The van der Waals surface area contributed by atoms with Crippen molar-refractivity contribution in [3.05, 3.63) is 70.7 Å². The van der Waals surface area contributed by atoms with Gasteiger partial charge in [0.05, 0.1) is 11.3 Å². The van der Waals surface area contributed by atoms with Crippen LogP contribution in [0.1, 0.15) is 41.6 Å². The van der Waals surface area contributed by atoms with Crippen LogP contribution in [0.5, 0.6) is 0 Å². The number of hydrogen-bond acceptors (Lipinski definition) is 5. The first kappa shape index (κ1) is 22.0. The molecule has 0 saturated carbocycles. The van der Waals surface area contributed by atoms with Gasteiger partial charge in [0.2, 0.25) is 11.8 Å². The number of amides is 3. The highest BCUT2D eigenvalue weighted by Gasteiger charge is 2.40. The maximum Gasteiger partial charge on any atom is 0.251 e. The van der Waals surface area contributed by atoms with Gasteiger partial charge in [-0.3, -0.25) is 14.4 Å². The number of nitrogens with one attached hydrogen (secondary N) is 1. The van der Waals surface area contributed by atoms with Crippen LogP contribution in [-0.2, 0) is 16.1 Å². The lowest BCUT2D eigenvalue weighted by Gasteiger charge is -2.27. The topological polar surface area (TPSA) is 105 Å². The van der Waals surface area contributed by atoms with Crippen molar-refractivity contribution in [2.75, 3.05) is 11.1 Å². The first-order valence-electron chi connectivity index (χ1n) is 10.4. The summed E-state index contributed by atoms with van der Waals surface area (Å²) >= 11 is 1.40. The zero-order valence-electron chi connectivity index (χ0n) is 17.3. The van der Waals surface area contributed by atoms with Crippen LogP contribution in [0.15, 0.2) is 53.7 Å². The minimum atomic E-state index is -0.588. The highest BCUT2D eigenvalue weighted by Crippen LogP contribution is 2.41. The number of nitrogens with zero attached hydrogens (tertiary/aromatic N) is 2. The van der Waals surface area contributed by atoms with Crippen LogP contribution in [0, 0.1) is 5.82 Å². The van der Waals surface area contributed by atoms with Gasteiger partial charge in [-0.15, -0.1) is 11.8 Å². The molecule has 166 valence electrons. The van der Waals surface area contributed by atoms with Gasteiger partial charge in [-0.2, -0.15) is 0 Å². The van der Waals surface area contributed by atoms with Crippen molar-refractivity contribution in [1.82, 2.24) is 9.88 Å². The molecule has 0 saturated heterocycles. The molecule has 2 aromatic rings. The fourth-order valence-electron chi connectivity index (χ4n) is 3.99. The van der Waals surface area contributed by atoms with Gasteiger partial charge in [-0.05, 0) is 61.1 Å². The van der Waals surface area contributed by atoms with Gasteiger partial charge in [0.1, 0.15) is 17.0 Å². The third kappa shape index (κ3) is 4.83. The monoisotopic (exact) mass is 454 g/mol. The molecule has 9 heteroatoms. The summed E-state index contributed by atoms with van der Waals surface area (Å²) < 4.78 is 13.3. The second-order valence-corrected chi connectivity index (χ2v) is 8.85. The van der Waals surface area contributed by atoms with E-state index < -0.39 is 5.91 Å². The van der Waals surface area contributed by atoms with Gasteiger partial charge >= 0.3 is 0 Å². The first-order chi connectivity index (χ1) is 15.4. The molecule has 7 nitrogen and oxygen atoms in total. The molecule has 3 amide bonds. The molecule has 4 rings (SSSR count). The molecule has 2 aliphatic rings. The number of thioether (sulfide) groups is 1. The third-order valence-corrected chi connectivity index (χ3v) is 6.85. The van der Waals surface area contributed by atoms with E-state index >= 15 is 0 Å². The number of nitrogens with two attached hydrogens (primary N) is 1. The van der Waals surface area contributed by atoms with E-state index in [1.54, 1.807) is 17.0 Å². The normalized spacial score (nSPS) is 18.0. The van der Waals surface area contributed by atoms with Crippen molar-refractivity contribution >= 4 is 35.3 Å². The van der Waals surface area contributed by atoms with E-state index in [4.69, 9.17) is 5.73 Å². The SMILES string of the molecule is NC(=O)c1ccc(NC(=O)CSC2C3=C(CCCC3)C(=O)N2Cc2ccc(F)cc2)nc1. The number of anilines is 1. The van der Waals surface area contributed by atoms with Crippen LogP contribution in [0.4, 0.5) is 10.2 Å². The molecule has 0 radical (unpaired) electrons. The van der Waals surface area contributed by atoms with E-state index in [2.05, 4.69) is 10.3 Å². The first-order valence-corrected chi connectivity index (χ1v) is 11.4. The Morgan fingerprint density at radius 2 is 1.91 bits per heavy atom. The Morgan fingerprint density at radius 3 is 2.59 bits per heavy atom. The zero-order chi connectivity index (χ0) is 22.7. The molecule has 0 spiro atoms. The molecular formula is C23H23FN4O3S. The predicted molar refractivity (Wildman–Crippen MR) is 120 cm³/mol. The van der Waals surface area contributed by atoms with Crippen LogP contribution in [-0.4, -0.2) is 38.7 Å². The van der Waals surface area contributed by atoms with E-state index in [1.165, 1.54) is 42.2 Å². The van der Waals surface area contributed by atoms with E-state index in [9.17, 15) is 18.8 Å². The lowest BCUT2D eigenvalue weighted by atomic mass is 9.94. The fraction of sp³-hybridized carbons (Fsp3) is 0.304. The predicted octanol–water partition coefficient (Wildman–Crippen LogP) is 3.23. The summed E-state index contributed by atoms with van der Waals surface area (Å²) in [5.41, 5.74) is 8.26. The van der Waals surface area contributed by atoms with Crippen molar-refractivity contribution in [1.29, 1.82) is 0 Å². The molecule has 1 aromatic carbocycles. The maximum absolute atomic E-state index is 13.3. The molecule has 32 heavy (non-hydrogen) atoms. The number of carbonyl (C=O) groups is 3. The Labute approximate surface area is 189 Å². The number of halogens is 1. The van der Waals surface area contributed by atoms with E-state index in [1.807, 2.05) is 0 Å². The van der Waals surface area contributed by atoms with Gasteiger partial charge in [0.15, 0.2) is 0 Å². The van der Waals surface area contributed by atoms with E-state index in [-0.39, 0.29) is 34.3 Å². The van der Waals surface area contributed by atoms with E-state index in [0.717, 1.165) is 42.4 Å². The average Bonchev–Trinajstić information content (AvgIpc) is 3.05. The van der Waals surface area contributed by atoms with Crippen LogP contribution in [0.25, 0.3) is 0 Å². The summed E-state index contributed by atoms with van der Waals surface area (Å²) in [6.07, 6.45) is 4.92. The second kappa shape index (κ2) is 9.52. The molecule has 0 bridgehead atoms. The van der Waals surface area contributed by atoms with Crippen LogP contribution >= 0.6 is 11.8 Å². The Hall–Kier alpha value is -3.20. The zero-order valence-corrected chi connectivity index (χ0v) is 18.2. The highest BCUT2D eigenvalue weighted by molar-refractivity contribution is 8.00. The minimum Gasteiger partial charge on any atom is -0.366 e. The molecule has 3 N–H and O–H groups in total. The Kier molecular flexibility index (Phi) is 6.55. The maximum atomic E-state index is 13.3. The number of pyridine rings is 1. The molecular weight excluding hydrogens is 431 g/mol. The Balaban J connectivity index is 1.44. The van der Waals surface area contributed by atoms with Crippen molar-refractivity contribution < 1.29 is 18.8 Å². The lowest BCUT2D eigenvalue weighted by Crippen LogP contribution is -2.34. The van der Waals surface area contributed by atoms with Crippen molar-refractivity contribution in [2.45, 2.75) is 37.6 Å². The van der Waals surface area contributed by atoms with Crippen LogP contribution in [0.3, 0.4) is 0 Å². The van der Waals surface area contributed by atoms with Crippen LogP contribution < -0.4 is 11.1 Å². The summed E-state index contributed by atoms with van der Waals surface area (Å²) in [7, 11) is 0. The fourth-order valence-corrected chi connectivity index (χ4v) is 5.19. The molecule has 1 aliphatic carbocycles. The van der Waals surface area contributed by atoms with Crippen LogP contribution in [0.2, 0.25) is 0 Å². The number of hydrogen-bond donors (Lipinski definition) is 2. The number of rotatable bonds is 7. The molecule has 1 aromatic heterocycles. The average molecular weight is 455 g/mol. The Bertz CT molecular complexity index is 1070. The molecule has 1 atom stereocenters. The summed E-state index contributed by atoms with van der Waals surface area (Å²) in [6, 6.07) is 9.14. The number of primary amides is 1. The molecule has 1 aliphatic heterocycles. The van der Waals surface area contributed by atoms with E-state index in [0.29, 0.717) is 12.4 Å². The van der Waals surface area contributed by atoms with Gasteiger partial charge < -0.3 is 16.0 Å². The van der Waals surface area contributed by atoms with Gasteiger partial charge in [-0.25, -0.2) is 9.37 Å². The smallest absolute Gasteiger partial charge is 0.251 e. The minimum absolute atomic E-state index is 0.00522. The summed E-state index contributed by atoms with van der Waals surface area (Å²) in [4.78, 5) is 42.5. The molecule has 1 unspecified atom stereocenters. The van der Waals surface area contributed by atoms with Crippen molar-refractivity contribution in [3.8, 4) is 0 Å². The summed E-state index contributed by atoms with van der Waals surface area (Å²) in [5.74, 6) is -0.704. The van der Waals surface area contributed by atoms with Gasteiger partial charge in [0, 0.05) is 18.3 Å². The van der Waals surface area contributed by atoms with Gasteiger partial charge in [-0.1, -0.05) is 12.1 Å². The van der Waals surface area contributed by atoms with Crippen molar-refractivity contribution in [3.63, 3.8) is 0 Å². The second-order valence-electron chi connectivity index (χ2n) is 7.78. The lowest BCUT2D eigenvalue weighted by molar-refractivity contribution is -0.126.